The number of rotatable bonds is 11. The average molecular weight is 573 g/mol. The van der Waals surface area contributed by atoms with Crippen molar-refractivity contribution in [3.8, 4) is 11.1 Å². The third-order valence-corrected chi connectivity index (χ3v) is 8.12. The van der Waals surface area contributed by atoms with Gasteiger partial charge in [-0.3, -0.25) is 0 Å². The van der Waals surface area contributed by atoms with Crippen LogP contribution in [0.3, 0.4) is 0 Å². The molecule has 0 aliphatic rings. The van der Waals surface area contributed by atoms with Crippen LogP contribution < -0.4 is 9.80 Å². The van der Waals surface area contributed by atoms with Crippen molar-refractivity contribution in [1.29, 1.82) is 0 Å². The molecule has 0 aliphatic carbocycles. The van der Waals surface area contributed by atoms with Gasteiger partial charge >= 0.3 is 0 Å². The molecule has 0 heterocycles. The van der Waals surface area contributed by atoms with Crippen LogP contribution in [0, 0.1) is 0 Å². The van der Waals surface area contributed by atoms with Gasteiger partial charge in [-0.05, 0) is 95.8 Å². The van der Waals surface area contributed by atoms with E-state index in [1.807, 2.05) is 0 Å². The lowest BCUT2D eigenvalue weighted by Gasteiger charge is -2.28. The number of nitrogens with zero attached hydrogens (tertiary/aromatic N) is 2. The van der Waals surface area contributed by atoms with E-state index < -0.39 is 0 Å². The van der Waals surface area contributed by atoms with Crippen molar-refractivity contribution in [3.05, 3.63) is 169 Å². The van der Waals surface area contributed by atoms with E-state index in [0.717, 1.165) is 48.4 Å². The summed E-state index contributed by atoms with van der Waals surface area (Å²) in [6, 6.07) is 56.9. The second-order valence-corrected chi connectivity index (χ2v) is 11.2. The molecule has 0 saturated carbocycles. The summed E-state index contributed by atoms with van der Waals surface area (Å²) in [5.41, 5.74) is 12.2. The lowest BCUT2D eigenvalue weighted by molar-refractivity contribution is 0.919. The Balaban J connectivity index is 1.34. The molecule has 6 rings (SSSR count). The van der Waals surface area contributed by atoms with Gasteiger partial charge in [-0.1, -0.05) is 124 Å². The Morgan fingerprint density at radius 3 is 1.02 bits per heavy atom. The number of anilines is 6. The summed E-state index contributed by atoms with van der Waals surface area (Å²) in [4.78, 5) is 4.76. The third kappa shape index (κ3) is 6.31. The van der Waals surface area contributed by atoms with Crippen LogP contribution in [0.15, 0.2) is 158 Å². The fourth-order valence-electron chi connectivity index (χ4n) is 6.03. The summed E-state index contributed by atoms with van der Waals surface area (Å²) >= 11 is 0. The van der Waals surface area contributed by atoms with Gasteiger partial charge in [0.2, 0.25) is 0 Å². The fraction of sp³-hybridized carbons (Fsp3) is 0.143. The average Bonchev–Trinajstić information content (AvgIpc) is 3.08. The first-order chi connectivity index (χ1) is 21.8. The van der Waals surface area contributed by atoms with E-state index >= 15 is 0 Å². The van der Waals surface area contributed by atoms with Gasteiger partial charge in [0.05, 0.1) is 0 Å². The molecular weight excluding hydrogens is 532 g/mol. The molecule has 0 unspecified atom stereocenters. The van der Waals surface area contributed by atoms with Crippen LogP contribution in [0.5, 0.6) is 0 Å². The maximum Gasteiger partial charge on any atom is 0.0493 e. The molecule has 2 heteroatoms. The minimum atomic E-state index is 1.05. The van der Waals surface area contributed by atoms with Crippen molar-refractivity contribution in [2.45, 2.75) is 39.5 Å². The largest absolute Gasteiger partial charge is 0.310 e. The van der Waals surface area contributed by atoms with Crippen LogP contribution >= 0.6 is 0 Å². The number of hydrogen-bond donors (Lipinski definition) is 0. The molecule has 0 N–H and O–H groups in total. The highest BCUT2D eigenvalue weighted by Crippen LogP contribution is 2.40. The lowest BCUT2D eigenvalue weighted by Crippen LogP contribution is -2.12. The van der Waals surface area contributed by atoms with Gasteiger partial charge in [-0.2, -0.15) is 0 Å². The molecule has 0 saturated heterocycles. The number of aryl methyl sites for hydroxylation is 2. The predicted octanol–water partition coefficient (Wildman–Crippen LogP) is 12.2. The summed E-state index contributed by atoms with van der Waals surface area (Å²) in [6.07, 6.45) is 4.32. The summed E-state index contributed by atoms with van der Waals surface area (Å²) in [6.45, 7) is 4.49. The quantitative estimate of drug-likeness (QED) is 0.152. The van der Waals surface area contributed by atoms with Crippen LogP contribution in [0.1, 0.15) is 37.8 Å². The zero-order chi connectivity index (χ0) is 30.1. The van der Waals surface area contributed by atoms with E-state index in [2.05, 4.69) is 181 Å². The molecular formula is C42H40N2. The third-order valence-electron chi connectivity index (χ3n) is 8.12. The Hall–Kier alpha value is -5.08. The minimum Gasteiger partial charge on any atom is -0.310 e. The molecule has 0 atom stereocenters. The van der Waals surface area contributed by atoms with E-state index in [1.54, 1.807) is 0 Å². The molecule has 218 valence electrons. The molecule has 0 radical (unpaired) electrons. The summed E-state index contributed by atoms with van der Waals surface area (Å²) in [5.74, 6) is 0. The van der Waals surface area contributed by atoms with E-state index in [1.165, 1.54) is 33.6 Å². The summed E-state index contributed by atoms with van der Waals surface area (Å²) in [5, 5.41) is 0. The lowest BCUT2D eigenvalue weighted by atomic mass is 10.0. The highest BCUT2D eigenvalue weighted by molar-refractivity contribution is 5.82. The summed E-state index contributed by atoms with van der Waals surface area (Å²) < 4.78 is 0. The Labute approximate surface area is 262 Å². The van der Waals surface area contributed by atoms with Crippen molar-refractivity contribution in [3.63, 3.8) is 0 Å². The second-order valence-electron chi connectivity index (χ2n) is 11.2. The maximum absolute atomic E-state index is 2.38. The molecule has 44 heavy (non-hydrogen) atoms. The van der Waals surface area contributed by atoms with Crippen LogP contribution in [-0.2, 0) is 12.8 Å². The molecule has 6 aromatic rings. The molecule has 0 aromatic heterocycles. The highest BCUT2D eigenvalue weighted by atomic mass is 15.1. The monoisotopic (exact) mass is 572 g/mol. The molecule has 0 aliphatic heterocycles. The Morgan fingerprint density at radius 1 is 0.341 bits per heavy atom. The first-order valence-corrected chi connectivity index (χ1v) is 15.8. The molecule has 0 fully saturated rings. The van der Waals surface area contributed by atoms with Gasteiger partial charge in [-0.15, -0.1) is 0 Å². The SMILES string of the molecule is CCCc1ccccc1N(c1ccccc1)c1ccc(-c2ccc(N(c3ccccc3)c3ccccc3CCC)cc2)cc1. The van der Waals surface area contributed by atoms with Gasteiger partial charge in [0.25, 0.3) is 0 Å². The van der Waals surface area contributed by atoms with E-state index in [0.29, 0.717) is 0 Å². The van der Waals surface area contributed by atoms with Crippen LogP contribution in [0.2, 0.25) is 0 Å². The number of benzene rings is 6. The molecule has 0 spiro atoms. The number of hydrogen-bond acceptors (Lipinski definition) is 2. The first kappa shape index (κ1) is 29.0. The smallest absolute Gasteiger partial charge is 0.0493 e. The standard InChI is InChI=1S/C42H40N2/c1-3-15-35-17-11-13-23-41(35)43(37-19-7-5-8-20-37)39-29-25-33(26-30-39)34-27-31-40(32-28-34)44(38-21-9-6-10-22-38)42-24-14-12-18-36(42)16-4-2/h5-14,17-32H,3-4,15-16H2,1-2H3. The van der Waals surface area contributed by atoms with E-state index in [4.69, 9.17) is 0 Å². The van der Waals surface area contributed by atoms with E-state index in [-0.39, 0.29) is 0 Å². The normalized spacial score (nSPS) is 10.9. The van der Waals surface area contributed by atoms with Crippen molar-refractivity contribution in [1.82, 2.24) is 0 Å². The van der Waals surface area contributed by atoms with Crippen molar-refractivity contribution >= 4 is 34.1 Å². The molecule has 0 amide bonds. The first-order valence-electron chi connectivity index (χ1n) is 15.8. The van der Waals surface area contributed by atoms with Crippen LogP contribution in [-0.4, -0.2) is 0 Å². The number of para-hydroxylation sites is 4. The second kappa shape index (κ2) is 13.9. The van der Waals surface area contributed by atoms with Gasteiger partial charge in [-0.25, -0.2) is 0 Å². The molecule has 6 aromatic carbocycles. The zero-order valence-electron chi connectivity index (χ0n) is 25.7. The van der Waals surface area contributed by atoms with Crippen molar-refractivity contribution < 1.29 is 0 Å². The van der Waals surface area contributed by atoms with E-state index in [9.17, 15) is 0 Å². The Morgan fingerprint density at radius 2 is 0.659 bits per heavy atom. The molecule has 0 bridgehead atoms. The minimum absolute atomic E-state index is 1.05. The molecule has 2 nitrogen and oxygen atoms in total. The van der Waals surface area contributed by atoms with Crippen molar-refractivity contribution in [2.75, 3.05) is 9.80 Å². The Kier molecular flexibility index (Phi) is 9.18. The topological polar surface area (TPSA) is 6.48 Å². The maximum atomic E-state index is 2.38. The van der Waals surface area contributed by atoms with Gasteiger partial charge < -0.3 is 9.80 Å². The van der Waals surface area contributed by atoms with Gasteiger partial charge in [0, 0.05) is 34.1 Å². The van der Waals surface area contributed by atoms with Gasteiger partial charge in [0.1, 0.15) is 0 Å². The highest BCUT2D eigenvalue weighted by Gasteiger charge is 2.17. The fourth-order valence-corrected chi connectivity index (χ4v) is 6.03. The van der Waals surface area contributed by atoms with Crippen LogP contribution in [0.25, 0.3) is 11.1 Å². The summed E-state index contributed by atoms with van der Waals surface area (Å²) in [7, 11) is 0. The zero-order valence-corrected chi connectivity index (χ0v) is 25.7. The van der Waals surface area contributed by atoms with Crippen molar-refractivity contribution in [2.24, 2.45) is 0 Å². The Bertz CT molecular complexity index is 1620. The van der Waals surface area contributed by atoms with Crippen LogP contribution in [0.4, 0.5) is 34.1 Å². The predicted molar refractivity (Wildman–Crippen MR) is 189 cm³/mol. The van der Waals surface area contributed by atoms with Gasteiger partial charge in [0.15, 0.2) is 0 Å².